The Kier molecular flexibility index (Phi) is 2.31. The number of H-pyrrole nitrogens is 1. The molecule has 1 saturated carbocycles. The molecule has 1 unspecified atom stereocenters. The number of aromatic amines is 1. The molecule has 1 aromatic rings. The van der Waals surface area contributed by atoms with Crippen molar-refractivity contribution in [2.24, 2.45) is 5.92 Å². The van der Waals surface area contributed by atoms with Gasteiger partial charge in [-0.05, 0) is 32.6 Å². The molecule has 72 valence electrons. The van der Waals surface area contributed by atoms with Crippen LogP contribution in [0.2, 0.25) is 0 Å². The van der Waals surface area contributed by atoms with Crippen LogP contribution in [0.4, 0.5) is 0 Å². The van der Waals surface area contributed by atoms with Gasteiger partial charge < -0.3 is 5.32 Å². The summed E-state index contributed by atoms with van der Waals surface area (Å²) in [5.74, 6) is 2.64. The minimum atomic E-state index is 0.610. The van der Waals surface area contributed by atoms with E-state index in [1.807, 2.05) is 6.92 Å². The molecule has 1 aliphatic rings. The molecule has 1 atom stereocenters. The summed E-state index contributed by atoms with van der Waals surface area (Å²) >= 11 is 0. The van der Waals surface area contributed by atoms with Crippen molar-refractivity contribution in [1.82, 2.24) is 20.5 Å². The summed E-state index contributed by atoms with van der Waals surface area (Å²) in [4.78, 5) is 4.23. The summed E-state index contributed by atoms with van der Waals surface area (Å²) in [5, 5.41) is 10.3. The second-order valence-corrected chi connectivity index (χ2v) is 3.84. The van der Waals surface area contributed by atoms with E-state index in [1.165, 1.54) is 12.8 Å². The van der Waals surface area contributed by atoms with Crippen molar-refractivity contribution in [2.45, 2.75) is 39.3 Å². The molecule has 0 spiro atoms. The molecule has 4 nitrogen and oxygen atoms in total. The van der Waals surface area contributed by atoms with Gasteiger partial charge in [0.2, 0.25) is 0 Å². The third-order valence-electron chi connectivity index (χ3n) is 2.55. The Morgan fingerprint density at radius 3 is 2.92 bits per heavy atom. The summed E-state index contributed by atoms with van der Waals surface area (Å²) in [6, 6.07) is 0.610. The van der Waals surface area contributed by atoms with Crippen LogP contribution in [0.5, 0.6) is 0 Å². The van der Waals surface area contributed by atoms with Gasteiger partial charge in [0.1, 0.15) is 5.82 Å². The summed E-state index contributed by atoms with van der Waals surface area (Å²) < 4.78 is 0. The monoisotopic (exact) mass is 180 g/mol. The van der Waals surface area contributed by atoms with Gasteiger partial charge in [0.25, 0.3) is 0 Å². The molecule has 0 radical (unpaired) electrons. The van der Waals surface area contributed by atoms with E-state index in [9.17, 15) is 0 Å². The number of nitrogens with zero attached hydrogens (tertiary/aromatic N) is 2. The van der Waals surface area contributed by atoms with E-state index < -0.39 is 0 Å². The van der Waals surface area contributed by atoms with Gasteiger partial charge in [-0.15, -0.1) is 0 Å². The molecule has 1 aromatic heterocycles. The van der Waals surface area contributed by atoms with Crippen molar-refractivity contribution in [3.8, 4) is 0 Å². The molecule has 0 amide bonds. The molecule has 1 fully saturated rings. The van der Waals surface area contributed by atoms with Crippen LogP contribution in [-0.4, -0.2) is 21.2 Å². The lowest BCUT2D eigenvalue weighted by molar-refractivity contribution is 0.488. The molecule has 0 aliphatic heterocycles. The van der Waals surface area contributed by atoms with Crippen LogP contribution < -0.4 is 5.32 Å². The fourth-order valence-electron chi connectivity index (χ4n) is 1.48. The summed E-state index contributed by atoms with van der Waals surface area (Å²) in [6.45, 7) is 4.93. The van der Waals surface area contributed by atoms with Gasteiger partial charge in [0.15, 0.2) is 5.82 Å². The van der Waals surface area contributed by atoms with Crippen LogP contribution in [0.1, 0.15) is 31.4 Å². The Morgan fingerprint density at radius 2 is 2.38 bits per heavy atom. The third-order valence-corrected chi connectivity index (χ3v) is 2.55. The SMILES string of the molecule is Cc1nc(CNC(C)C2CC2)n[nH]1. The Bertz CT molecular complexity index is 277. The van der Waals surface area contributed by atoms with Crippen molar-refractivity contribution in [3.63, 3.8) is 0 Å². The third kappa shape index (κ3) is 2.28. The number of rotatable bonds is 4. The molecule has 1 aliphatic carbocycles. The Labute approximate surface area is 78.1 Å². The van der Waals surface area contributed by atoms with Crippen LogP contribution >= 0.6 is 0 Å². The van der Waals surface area contributed by atoms with Crippen molar-refractivity contribution in [3.05, 3.63) is 11.6 Å². The first-order valence-electron chi connectivity index (χ1n) is 4.87. The second kappa shape index (κ2) is 3.46. The van der Waals surface area contributed by atoms with E-state index in [0.717, 1.165) is 24.1 Å². The largest absolute Gasteiger partial charge is 0.307 e. The average molecular weight is 180 g/mol. The van der Waals surface area contributed by atoms with Crippen LogP contribution in [0.3, 0.4) is 0 Å². The van der Waals surface area contributed by atoms with Gasteiger partial charge in [-0.2, -0.15) is 5.10 Å². The molecule has 0 bridgehead atoms. The van der Waals surface area contributed by atoms with Crippen molar-refractivity contribution in [2.75, 3.05) is 0 Å². The molecule has 2 N–H and O–H groups in total. The standard InChI is InChI=1S/C9H16N4/c1-6(8-3-4-8)10-5-9-11-7(2)12-13-9/h6,8,10H,3-5H2,1-2H3,(H,11,12,13). The molecule has 13 heavy (non-hydrogen) atoms. The number of aromatic nitrogens is 3. The Hall–Kier alpha value is -0.900. The van der Waals surface area contributed by atoms with E-state index in [2.05, 4.69) is 27.4 Å². The highest BCUT2D eigenvalue weighted by Crippen LogP contribution is 2.32. The van der Waals surface area contributed by atoms with Gasteiger partial charge in [0.05, 0.1) is 6.54 Å². The van der Waals surface area contributed by atoms with E-state index in [-0.39, 0.29) is 0 Å². The highest BCUT2D eigenvalue weighted by atomic mass is 15.2. The highest BCUT2D eigenvalue weighted by molar-refractivity contribution is 4.89. The van der Waals surface area contributed by atoms with Gasteiger partial charge in [-0.1, -0.05) is 0 Å². The van der Waals surface area contributed by atoms with E-state index in [4.69, 9.17) is 0 Å². The van der Waals surface area contributed by atoms with E-state index in [1.54, 1.807) is 0 Å². The quantitative estimate of drug-likeness (QED) is 0.726. The smallest absolute Gasteiger partial charge is 0.164 e. The maximum atomic E-state index is 4.23. The van der Waals surface area contributed by atoms with Crippen LogP contribution in [0, 0.1) is 12.8 Å². The van der Waals surface area contributed by atoms with Crippen LogP contribution in [-0.2, 0) is 6.54 Å². The lowest BCUT2D eigenvalue weighted by atomic mass is 10.2. The first-order chi connectivity index (χ1) is 6.25. The van der Waals surface area contributed by atoms with Crippen molar-refractivity contribution < 1.29 is 0 Å². The van der Waals surface area contributed by atoms with Crippen LogP contribution in [0.15, 0.2) is 0 Å². The van der Waals surface area contributed by atoms with Gasteiger partial charge >= 0.3 is 0 Å². The molecular weight excluding hydrogens is 164 g/mol. The maximum absolute atomic E-state index is 4.23. The molecule has 0 saturated heterocycles. The van der Waals surface area contributed by atoms with E-state index in [0.29, 0.717) is 6.04 Å². The summed E-state index contributed by atoms with van der Waals surface area (Å²) in [6.07, 6.45) is 2.75. The first kappa shape index (κ1) is 8.69. The average Bonchev–Trinajstić information content (AvgIpc) is 2.87. The molecule has 4 heteroatoms. The number of aryl methyl sites for hydroxylation is 1. The predicted molar refractivity (Wildman–Crippen MR) is 50.1 cm³/mol. The number of hydrogen-bond donors (Lipinski definition) is 2. The van der Waals surface area contributed by atoms with Gasteiger partial charge in [0, 0.05) is 6.04 Å². The predicted octanol–water partition coefficient (Wildman–Crippen LogP) is 1.00. The van der Waals surface area contributed by atoms with E-state index >= 15 is 0 Å². The summed E-state index contributed by atoms with van der Waals surface area (Å²) in [7, 11) is 0. The lowest BCUT2D eigenvalue weighted by Gasteiger charge is -2.09. The molecular formula is C9H16N4. The fourth-order valence-corrected chi connectivity index (χ4v) is 1.48. The molecule has 2 rings (SSSR count). The molecule has 0 aromatic carbocycles. The minimum Gasteiger partial charge on any atom is -0.307 e. The zero-order valence-electron chi connectivity index (χ0n) is 8.17. The minimum absolute atomic E-state index is 0.610. The van der Waals surface area contributed by atoms with Gasteiger partial charge in [-0.3, -0.25) is 5.10 Å². The lowest BCUT2D eigenvalue weighted by Crippen LogP contribution is -2.27. The van der Waals surface area contributed by atoms with Crippen LogP contribution in [0.25, 0.3) is 0 Å². The zero-order valence-corrected chi connectivity index (χ0v) is 8.17. The number of hydrogen-bond acceptors (Lipinski definition) is 3. The fraction of sp³-hybridized carbons (Fsp3) is 0.778. The zero-order chi connectivity index (χ0) is 9.26. The second-order valence-electron chi connectivity index (χ2n) is 3.84. The highest BCUT2D eigenvalue weighted by Gasteiger charge is 2.27. The molecule has 1 heterocycles. The topological polar surface area (TPSA) is 53.6 Å². The first-order valence-corrected chi connectivity index (χ1v) is 4.87. The Morgan fingerprint density at radius 1 is 1.62 bits per heavy atom. The van der Waals surface area contributed by atoms with Crippen molar-refractivity contribution >= 4 is 0 Å². The normalized spacial score (nSPS) is 18.9. The number of nitrogens with one attached hydrogen (secondary N) is 2. The van der Waals surface area contributed by atoms with Crippen molar-refractivity contribution in [1.29, 1.82) is 0 Å². The summed E-state index contributed by atoms with van der Waals surface area (Å²) in [5.41, 5.74) is 0. The van der Waals surface area contributed by atoms with Gasteiger partial charge in [-0.25, -0.2) is 4.98 Å². The Balaban J connectivity index is 1.78. The maximum Gasteiger partial charge on any atom is 0.164 e.